The maximum Gasteiger partial charge on any atom is 0.137 e. The first-order valence-electron chi connectivity index (χ1n) is 7.11. The van der Waals surface area contributed by atoms with E-state index in [-0.39, 0.29) is 0 Å². The number of hydrogen-bond donors (Lipinski definition) is 2. The number of aliphatic hydroxyl groups excluding tert-OH is 1. The quantitative estimate of drug-likeness (QED) is 0.816. The van der Waals surface area contributed by atoms with Crippen LogP contribution in [0.4, 0.5) is 5.82 Å². The predicted octanol–water partition coefficient (Wildman–Crippen LogP) is 3.05. The van der Waals surface area contributed by atoms with Crippen LogP contribution in [0.1, 0.15) is 44.6 Å². The van der Waals surface area contributed by atoms with Crippen LogP contribution >= 0.6 is 11.6 Å². The molecule has 1 fully saturated rings. The maximum atomic E-state index is 9.16. The summed E-state index contributed by atoms with van der Waals surface area (Å²) < 4.78 is 0. The van der Waals surface area contributed by atoms with Gasteiger partial charge in [-0.2, -0.15) is 0 Å². The number of anilines is 1. The Morgan fingerprint density at radius 2 is 2.05 bits per heavy atom. The molecule has 0 aliphatic heterocycles. The van der Waals surface area contributed by atoms with Crippen molar-refractivity contribution >= 4 is 17.4 Å². The highest BCUT2D eigenvalue weighted by Gasteiger charge is 2.21. The first-order valence-corrected chi connectivity index (χ1v) is 7.49. The fourth-order valence-corrected chi connectivity index (χ4v) is 2.90. The largest absolute Gasteiger partial charge is 0.396 e. The molecule has 0 spiro atoms. The van der Waals surface area contributed by atoms with Crippen molar-refractivity contribution < 1.29 is 5.11 Å². The smallest absolute Gasteiger partial charge is 0.137 e. The van der Waals surface area contributed by atoms with Crippen molar-refractivity contribution in [2.24, 2.45) is 5.92 Å². The maximum absolute atomic E-state index is 9.16. The lowest BCUT2D eigenvalue weighted by Crippen LogP contribution is -2.28. The van der Waals surface area contributed by atoms with Crippen LogP contribution < -0.4 is 5.32 Å². The van der Waals surface area contributed by atoms with Crippen LogP contribution in [-0.2, 0) is 6.42 Å². The van der Waals surface area contributed by atoms with Gasteiger partial charge in [0.1, 0.15) is 17.3 Å². The lowest BCUT2D eigenvalue weighted by molar-refractivity contribution is 0.185. The highest BCUT2D eigenvalue weighted by Crippen LogP contribution is 2.28. The lowest BCUT2D eigenvalue weighted by Gasteiger charge is -2.29. The van der Waals surface area contributed by atoms with Crippen molar-refractivity contribution in [1.82, 2.24) is 9.97 Å². The Labute approximate surface area is 119 Å². The van der Waals surface area contributed by atoms with Crippen molar-refractivity contribution in [2.45, 2.75) is 51.5 Å². The Balaban J connectivity index is 2.01. The van der Waals surface area contributed by atoms with Gasteiger partial charge in [0.2, 0.25) is 0 Å². The number of aromatic nitrogens is 2. The van der Waals surface area contributed by atoms with E-state index in [9.17, 15) is 0 Å². The van der Waals surface area contributed by atoms with Crippen LogP contribution in [0.2, 0.25) is 5.15 Å². The fraction of sp³-hybridized carbons (Fsp3) is 0.714. The number of rotatable bonds is 5. The van der Waals surface area contributed by atoms with Gasteiger partial charge in [-0.3, -0.25) is 0 Å². The Kier molecular flexibility index (Phi) is 5.40. The molecule has 19 heavy (non-hydrogen) atoms. The molecule has 0 aromatic carbocycles. The van der Waals surface area contributed by atoms with Gasteiger partial charge in [0.15, 0.2) is 0 Å². The fourth-order valence-electron chi connectivity index (χ4n) is 2.67. The normalized spacial score (nSPS) is 23.3. The zero-order chi connectivity index (χ0) is 13.7. The molecule has 0 saturated heterocycles. The van der Waals surface area contributed by atoms with E-state index >= 15 is 0 Å². The number of aliphatic hydroxyl groups is 1. The summed E-state index contributed by atoms with van der Waals surface area (Å²) in [7, 11) is 0. The average molecular weight is 284 g/mol. The monoisotopic (exact) mass is 283 g/mol. The molecule has 0 amide bonds. The van der Waals surface area contributed by atoms with Crippen LogP contribution in [0.25, 0.3) is 0 Å². The molecule has 1 heterocycles. The third-order valence-corrected chi connectivity index (χ3v) is 4.16. The lowest BCUT2D eigenvalue weighted by atomic mass is 9.86. The molecule has 0 radical (unpaired) electrons. The summed E-state index contributed by atoms with van der Waals surface area (Å²) in [5, 5.41) is 13.2. The summed E-state index contributed by atoms with van der Waals surface area (Å²) in [4.78, 5) is 8.39. The molecule has 1 aliphatic rings. The van der Waals surface area contributed by atoms with Crippen molar-refractivity contribution in [3.63, 3.8) is 0 Å². The van der Waals surface area contributed by atoms with E-state index in [0.29, 0.717) is 23.7 Å². The predicted molar refractivity (Wildman–Crippen MR) is 77.5 cm³/mol. The molecular formula is C14H22ClN3O. The third-order valence-electron chi connectivity index (χ3n) is 3.84. The Hall–Kier alpha value is -0.870. The Bertz CT molecular complexity index is 406. The molecular weight excluding hydrogens is 262 g/mol. The Morgan fingerprint density at radius 1 is 1.32 bits per heavy atom. The van der Waals surface area contributed by atoms with E-state index < -0.39 is 0 Å². The van der Waals surface area contributed by atoms with Gasteiger partial charge in [-0.05, 0) is 38.0 Å². The minimum atomic E-state index is 0.313. The van der Waals surface area contributed by atoms with Gasteiger partial charge in [0.25, 0.3) is 0 Å². The molecule has 1 saturated carbocycles. The summed E-state index contributed by atoms with van der Waals surface area (Å²) in [5.74, 6) is 1.36. The summed E-state index contributed by atoms with van der Waals surface area (Å²) in [6.07, 6.45) is 7.76. The van der Waals surface area contributed by atoms with Crippen molar-refractivity contribution in [3.8, 4) is 0 Å². The SMILES string of the molecule is CCCc1c(Cl)ncnc1NC1CCC(CO)CC1. The summed E-state index contributed by atoms with van der Waals surface area (Å²) in [6.45, 7) is 2.44. The first kappa shape index (κ1) is 14.5. The molecule has 2 rings (SSSR count). The molecule has 2 N–H and O–H groups in total. The molecule has 1 aromatic heterocycles. The van der Waals surface area contributed by atoms with Crippen LogP contribution in [0, 0.1) is 5.92 Å². The van der Waals surface area contributed by atoms with E-state index in [1.165, 1.54) is 6.33 Å². The molecule has 106 valence electrons. The number of nitrogens with one attached hydrogen (secondary N) is 1. The summed E-state index contributed by atoms with van der Waals surface area (Å²) in [6, 6.07) is 0.435. The topological polar surface area (TPSA) is 58.0 Å². The van der Waals surface area contributed by atoms with Crippen molar-refractivity contribution in [2.75, 3.05) is 11.9 Å². The molecule has 1 aliphatic carbocycles. The second-order valence-electron chi connectivity index (χ2n) is 5.29. The third kappa shape index (κ3) is 3.80. The van der Waals surface area contributed by atoms with Crippen molar-refractivity contribution in [1.29, 1.82) is 0 Å². The van der Waals surface area contributed by atoms with Gasteiger partial charge < -0.3 is 10.4 Å². The second kappa shape index (κ2) is 7.06. The Morgan fingerprint density at radius 3 is 2.68 bits per heavy atom. The summed E-state index contributed by atoms with van der Waals surface area (Å²) >= 11 is 6.15. The van der Waals surface area contributed by atoms with Gasteiger partial charge in [0, 0.05) is 18.2 Å². The first-order chi connectivity index (χ1) is 9.24. The van der Waals surface area contributed by atoms with E-state index in [4.69, 9.17) is 16.7 Å². The van der Waals surface area contributed by atoms with Crippen LogP contribution in [-0.4, -0.2) is 27.7 Å². The van der Waals surface area contributed by atoms with Gasteiger partial charge in [0.05, 0.1) is 0 Å². The zero-order valence-electron chi connectivity index (χ0n) is 11.4. The number of hydrogen-bond acceptors (Lipinski definition) is 4. The minimum absolute atomic E-state index is 0.313. The van der Waals surface area contributed by atoms with E-state index in [1.807, 2.05) is 0 Å². The molecule has 1 aromatic rings. The van der Waals surface area contributed by atoms with Gasteiger partial charge >= 0.3 is 0 Å². The van der Waals surface area contributed by atoms with Gasteiger partial charge in [-0.15, -0.1) is 0 Å². The van der Waals surface area contributed by atoms with Crippen LogP contribution in [0.3, 0.4) is 0 Å². The zero-order valence-corrected chi connectivity index (χ0v) is 12.2. The number of nitrogens with zero attached hydrogens (tertiary/aromatic N) is 2. The van der Waals surface area contributed by atoms with Gasteiger partial charge in [-0.25, -0.2) is 9.97 Å². The van der Waals surface area contributed by atoms with Crippen LogP contribution in [0.5, 0.6) is 0 Å². The van der Waals surface area contributed by atoms with Crippen molar-refractivity contribution in [3.05, 3.63) is 17.0 Å². The second-order valence-corrected chi connectivity index (χ2v) is 5.64. The van der Waals surface area contributed by atoms with E-state index in [0.717, 1.165) is 49.9 Å². The van der Waals surface area contributed by atoms with Crippen LogP contribution in [0.15, 0.2) is 6.33 Å². The molecule has 5 heteroatoms. The molecule has 0 atom stereocenters. The molecule has 0 bridgehead atoms. The highest BCUT2D eigenvalue weighted by molar-refractivity contribution is 6.30. The summed E-state index contributed by atoms with van der Waals surface area (Å²) in [5.41, 5.74) is 1.02. The highest BCUT2D eigenvalue weighted by atomic mass is 35.5. The minimum Gasteiger partial charge on any atom is -0.396 e. The van der Waals surface area contributed by atoms with E-state index in [2.05, 4.69) is 22.2 Å². The van der Waals surface area contributed by atoms with E-state index in [1.54, 1.807) is 0 Å². The molecule has 0 unspecified atom stereocenters. The standard InChI is InChI=1S/C14H22ClN3O/c1-2-3-12-13(15)16-9-17-14(12)18-11-6-4-10(8-19)5-7-11/h9-11,19H,2-8H2,1H3,(H,16,17,18). The molecule has 4 nitrogen and oxygen atoms in total. The average Bonchev–Trinajstić information content (AvgIpc) is 2.43. The van der Waals surface area contributed by atoms with Gasteiger partial charge in [-0.1, -0.05) is 24.9 Å². The number of halogens is 1.